The number of amides is 2. The molecule has 2 N–H and O–H groups in total. The number of hydrogen-bond acceptors (Lipinski definition) is 6. The summed E-state index contributed by atoms with van der Waals surface area (Å²) >= 11 is 1.73. The smallest absolute Gasteiger partial charge is 0.309 e. The van der Waals surface area contributed by atoms with Gasteiger partial charge in [0, 0.05) is 32.7 Å². The third kappa shape index (κ3) is 5.40. The summed E-state index contributed by atoms with van der Waals surface area (Å²) in [6.07, 6.45) is 1.97. The largest absolute Gasteiger partial charge is 0.348 e. The molecule has 27 heavy (non-hydrogen) atoms. The lowest BCUT2D eigenvalue weighted by molar-refractivity contribution is -0.139. The molecule has 2 heterocycles. The van der Waals surface area contributed by atoms with E-state index in [-0.39, 0.29) is 0 Å². The number of anilines is 1. The van der Waals surface area contributed by atoms with E-state index in [1.807, 2.05) is 37.2 Å². The summed E-state index contributed by atoms with van der Waals surface area (Å²) in [5.74, 6) is -0.694. The number of aromatic nitrogens is 1. The second-order valence-electron chi connectivity index (χ2n) is 7.16. The van der Waals surface area contributed by atoms with E-state index in [1.54, 1.807) is 11.3 Å². The monoisotopic (exact) mass is 389 g/mol. The maximum absolute atomic E-state index is 11.9. The average Bonchev–Trinajstić information content (AvgIpc) is 3.10. The summed E-state index contributed by atoms with van der Waals surface area (Å²) in [7, 11) is 3.85. The summed E-state index contributed by atoms with van der Waals surface area (Å²) in [5.41, 5.74) is 1.05. The number of piperidine rings is 1. The van der Waals surface area contributed by atoms with Crippen molar-refractivity contribution < 1.29 is 9.59 Å². The number of nitrogens with zero attached hydrogens (tertiary/aromatic N) is 3. The van der Waals surface area contributed by atoms with Crippen molar-refractivity contribution in [2.75, 3.05) is 51.7 Å². The molecule has 1 aromatic heterocycles. The van der Waals surface area contributed by atoms with E-state index in [9.17, 15) is 9.59 Å². The molecule has 2 amide bonds. The molecule has 0 saturated carbocycles. The molecule has 1 aliphatic heterocycles. The minimum atomic E-state index is -0.552. The van der Waals surface area contributed by atoms with Gasteiger partial charge in [-0.3, -0.25) is 9.59 Å². The average molecular weight is 390 g/mol. The fourth-order valence-corrected chi connectivity index (χ4v) is 4.13. The minimum Gasteiger partial charge on any atom is -0.348 e. The Bertz CT molecular complexity index is 750. The van der Waals surface area contributed by atoms with Crippen LogP contribution in [0.5, 0.6) is 0 Å². The number of carbonyl (C=O) groups is 2. The number of fused-ring (bicyclic) bond motifs is 1. The zero-order chi connectivity index (χ0) is 19.2. The van der Waals surface area contributed by atoms with Crippen molar-refractivity contribution in [3.63, 3.8) is 0 Å². The third-order valence-corrected chi connectivity index (χ3v) is 5.87. The van der Waals surface area contributed by atoms with Crippen molar-refractivity contribution in [3.8, 4) is 0 Å². The molecule has 1 fully saturated rings. The van der Waals surface area contributed by atoms with E-state index in [2.05, 4.69) is 21.6 Å². The second kappa shape index (κ2) is 9.14. The molecule has 1 saturated heterocycles. The fourth-order valence-electron chi connectivity index (χ4n) is 3.11. The van der Waals surface area contributed by atoms with Gasteiger partial charge in [-0.25, -0.2) is 4.98 Å². The SMILES string of the molecule is CN(C)CCNC(=O)C(=O)NCC1CCN(c2nc3ccccc3s2)CC1. The molecule has 0 spiro atoms. The lowest BCUT2D eigenvalue weighted by Crippen LogP contribution is -2.45. The maximum atomic E-state index is 11.9. The van der Waals surface area contributed by atoms with E-state index in [0.29, 0.717) is 25.6 Å². The van der Waals surface area contributed by atoms with Crippen LogP contribution in [0.4, 0.5) is 5.13 Å². The number of likely N-dealkylation sites (N-methyl/N-ethyl adjacent to an activating group) is 1. The molecule has 1 aromatic carbocycles. The summed E-state index contributed by atoms with van der Waals surface area (Å²) in [6.45, 7) is 3.58. The highest BCUT2D eigenvalue weighted by Gasteiger charge is 2.23. The normalized spacial score (nSPS) is 15.3. The number of para-hydroxylation sites is 1. The van der Waals surface area contributed by atoms with Crippen molar-refractivity contribution in [2.45, 2.75) is 12.8 Å². The zero-order valence-electron chi connectivity index (χ0n) is 15.9. The Labute approximate surface area is 163 Å². The predicted molar refractivity (Wildman–Crippen MR) is 109 cm³/mol. The van der Waals surface area contributed by atoms with E-state index in [4.69, 9.17) is 4.98 Å². The molecular formula is C19H27N5O2S. The number of rotatable bonds is 6. The first-order valence-corrected chi connectivity index (χ1v) is 10.2. The summed E-state index contributed by atoms with van der Waals surface area (Å²) in [6, 6.07) is 8.19. The quantitative estimate of drug-likeness (QED) is 0.729. The molecule has 0 aliphatic carbocycles. The Morgan fingerprint density at radius 2 is 1.89 bits per heavy atom. The van der Waals surface area contributed by atoms with Crippen LogP contribution in [0.2, 0.25) is 0 Å². The van der Waals surface area contributed by atoms with Crippen LogP contribution >= 0.6 is 11.3 Å². The van der Waals surface area contributed by atoms with Gasteiger partial charge in [0.05, 0.1) is 10.2 Å². The summed E-state index contributed by atoms with van der Waals surface area (Å²) in [5, 5.41) is 6.47. The van der Waals surface area contributed by atoms with Gasteiger partial charge in [0.25, 0.3) is 0 Å². The van der Waals surface area contributed by atoms with Crippen LogP contribution in [0.1, 0.15) is 12.8 Å². The number of hydrogen-bond donors (Lipinski definition) is 2. The van der Waals surface area contributed by atoms with Crippen LogP contribution in [-0.4, -0.2) is 68.5 Å². The molecule has 0 unspecified atom stereocenters. The second-order valence-corrected chi connectivity index (χ2v) is 8.17. The minimum absolute atomic E-state index is 0.397. The van der Waals surface area contributed by atoms with Gasteiger partial charge in [0.1, 0.15) is 0 Å². The number of thiazole rings is 1. The molecule has 2 aromatic rings. The van der Waals surface area contributed by atoms with Gasteiger partial charge < -0.3 is 20.4 Å². The predicted octanol–water partition coefficient (Wildman–Crippen LogP) is 1.31. The highest BCUT2D eigenvalue weighted by Crippen LogP contribution is 2.31. The first-order chi connectivity index (χ1) is 13.0. The maximum Gasteiger partial charge on any atom is 0.309 e. The molecule has 0 radical (unpaired) electrons. The van der Waals surface area contributed by atoms with Gasteiger partial charge >= 0.3 is 11.8 Å². The molecule has 0 bridgehead atoms. The molecular weight excluding hydrogens is 362 g/mol. The summed E-state index contributed by atoms with van der Waals surface area (Å²) < 4.78 is 1.21. The topological polar surface area (TPSA) is 77.6 Å². The molecule has 0 atom stereocenters. The first kappa shape index (κ1) is 19.6. The summed E-state index contributed by atoms with van der Waals surface area (Å²) in [4.78, 5) is 32.6. The molecule has 1 aliphatic rings. The Hall–Kier alpha value is -2.19. The Kier molecular flexibility index (Phi) is 6.63. The van der Waals surface area contributed by atoms with Gasteiger partial charge in [-0.05, 0) is 45.0 Å². The van der Waals surface area contributed by atoms with Crippen LogP contribution in [0.15, 0.2) is 24.3 Å². The lowest BCUT2D eigenvalue weighted by atomic mass is 9.97. The van der Waals surface area contributed by atoms with Gasteiger partial charge in [0.2, 0.25) is 0 Å². The van der Waals surface area contributed by atoms with Gasteiger partial charge in [-0.1, -0.05) is 23.5 Å². The highest BCUT2D eigenvalue weighted by molar-refractivity contribution is 7.22. The number of carbonyl (C=O) groups excluding carboxylic acids is 2. The Morgan fingerprint density at radius 3 is 2.59 bits per heavy atom. The van der Waals surface area contributed by atoms with Crippen LogP contribution in [0, 0.1) is 5.92 Å². The van der Waals surface area contributed by atoms with Crippen molar-refractivity contribution in [1.82, 2.24) is 20.5 Å². The molecule has 7 nitrogen and oxygen atoms in total. The van der Waals surface area contributed by atoms with Gasteiger partial charge in [0.15, 0.2) is 5.13 Å². The molecule has 146 valence electrons. The van der Waals surface area contributed by atoms with Crippen LogP contribution in [0.25, 0.3) is 10.2 Å². The Balaban J connectivity index is 1.40. The zero-order valence-corrected chi connectivity index (χ0v) is 16.7. The van der Waals surface area contributed by atoms with E-state index < -0.39 is 11.8 Å². The van der Waals surface area contributed by atoms with Crippen molar-refractivity contribution >= 4 is 38.5 Å². The number of benzene rings is 1. The van der Waals surface area contributed by atoms with Crippen LogP contribution < -0.4 is 15.5 Å². The number of nitrogens with one attached hydrogen (secondary N) is 2. The van der Waals surface area contributed by atoms with E-state index in [1.165, 1.54) is 4.70 Å². The van der Waals surface area contributed by atoms with Crippen LogP contribution in [-0.2, 0) is 9.59 Å². The van der Waals surface area contributed by atoms with Gasteiger partial charge in [-0.15, -0.1) is 0 Å². The molecule has 3 rings (SSSR count). The third-order valence-electron chi connectivity index (χ3n) is 4.77. The van der Waals surface area contributed by atoms with Crippen LogP contribution in [0.3, 0.4) is 0 Å². The Morgan fingerprint density at radius 1 is 1.19 bits per heavy atom. The standard InChI is InChI=1S/C19H27N5O2S/c1-23(2)12-9-20-17(25)18(26)21-13-14-7-10-24(11-8-14)19-22-15-5-3-4-6-16(15)27-19/h3-6,14H,7-13H2,1-2H3,(H,20,25)(H,21,26). The van der Waals surface area contributed by atoms with Crippen molar-refractivity contribution in [3.05, 3.63) is 24.3 Å². The van der Waals surface area contributed by atoms with Crippen molar-refractivity contribution in [1.29, 1.82) is 0 Å². The first-order valence-electron chi connectivity index (χ1n) is 9.34. The van der Waals surface area contributed by atoms with E-state index >= 15 is 0 Å². The van der Waals surface area contributed by atoms with E-state index in [0.717, 1.165) is 36.6 Å². The van der Waals surface area contributed by atoms with Crippen molar-refractivity contribution in [2.24, 2.45) is 5.92 Å². The molecule has 8 heteroatoms. The fraction of sp³-hybridized carbons (Fsp3) is 0.526. The lowest BCUT2D eigenvalue weighted by Gasteiger charge is -2.31. The van der Waals surface area contributed by atoms with Gasteiger partial charge in [-0.2, -0.15) is 0 Å². The highest BCUT2D eigenvalue weighted by atomic mass is 32.1.